The van der Waals surface area contributed by atoms with Gasteiger partial charge in [0.2, 0.25) is 5.91 Å². The second kappa shape index (κ2) is 8.29. The molecule has 140 valence electrons. The molecule has 0 unspecified atom stereocenters. The van der Waals surface area contributed by atoms with Crippen LogP contribution in [0.4, 0.5) is 0 Å². The predicted octanol–water partition coefficient (Wildman–Crippen LogP) is 2.08. The van der Waals surface area contributed by atoms with Gasteiger partial charge in [-0.2, -0.15) is 17.0 Å². The van der Waals surface area contributed by atoms with Gasteiger partial charge in [-0.1, -0.05) is 36.8 Å². The number of carbonyl (C=O) groups is 1. The van der Waals surface area contributed by atoms with Crippen LogP contribution in [-0.4, -0.2) is 50.1 Å². The first-order chi connectivity index (χ1) is 11.8. The van der Waals surface area contributed by atoms with Crippen LogP contribution in [0.2, 0.25) is 0 Å². The SMILES string of the molecule is CC[C@@H](NC(=O)[C@H]1CCCN(S(=O)(=O)N(C)C)C1)c1ccc(C)cc1. The number of nitrogens with one attached hydrogen (secondary N) is 1. The Hall–Kier alpha value is -1.44. The van der Waals surface area contributed by atoms with E-state index in [1.807, 2.05) is 38.1 Å². The fourth-order valence-corrected chi connectivity index (χ4v) is 4.30. The second-order valence-corrected chi connectivity index (χ2v) is 9.01. The van der Waals surface area contributed by atoms with E-state index in [4.69, 9.17) is 0 Å². The summed E-state index contributed by atoms with van der Waals surface area (Å²) in [6.45, 7) is 4.79. The van der Waals surface area contributed by atoms with Crippen LogP contribution < -0.4 is 5.32 Å². The Morgan fingerprint density at radius 3 is 2.52 bits per heavy atom. The van der Waals surface area contributed by atoms with Crippen molar-refractivity contribution < 1.29 is 13.2 Å². The van der Waals surface area contributed by atoms with E-state index in [9.17, 15) is 13.2 Å². The molecule has 1 aliphatic heterocycles. The number of nitrogens with zero attached hydrogens (tertiary/aromatic N) is 2. The van der Waals surface area contributed by atoms with Gasteiger partial charge in [-0.05, 0) is 31.7 Å². The average Bonchev–Trinajstić information content (AvgIpc) is 2.60. The van der Waals surface area contributed by atoms with Gasteiger partial charge in [0.15, 0.2) is 0 Å². The van der Waals surface area contributed by atoms with Crippen LogP contribution in [0.15, 0.2) is 24.3 Å². The molecule has 0 aromatic heterocycles. The van der Waals surface area contributed by atoms with E-state index in [1.165, 1.54) is 28.3 Å². The van der Waals surface area contributed by atoms with Crippen LogP contribution in [0.1, 0.15) is 43.4 Å². The molecule has 0 bridgehead atoms. The molecule has 2 rings (SSSR count). The number of carbonyl (C=O) groups excluding carboxylic acids is 1. The molecule has 1 saturated heterocycles. The molecule has 7 heteroatoms. The van der Waals surface area contributed by atoms with Gasteiger partial charge in [0.1, 0.15) is 0 Å². The lowest BCUT2D eigenvalue weighted by molar-refractivity contribution is -0.126. The van der Waals surface area contributed by atoms with E-state index < -0.39 is 10.2 Å². The first-order valence-corrected chi connectivity index (χ1v) is 10.2. The van der Waals surface area contributed by atoms with Crippen molar-refractivity contribution in [3.63, 3.8) is 0 Å². The third-order valence-corrected chi connectivity index (χ3v) is 6.65. The van der Waals surface area contributed by atoms with E-state index in [2.05, 4.69) is 5.32 Å². The molecule has 6 nitrogen and oxygen atoms in total. The van der Waals surface area contributed by atoms with Crippen molar-refractivity contribution in [2.75, 3.05) is 27.2 Å². The lowest BCUT2D eigenvalue weighted by Crippen LogP contribution is -2.49. The Labute approximate surface area is 151 Å². The summed E-state index contributed by atoms with van der Waals surface area (Å²) in [4.78, 5) is 12.7. The van der Waals surface area contributed by atoms with E-state index in [0.717, 1.165) is 18.4 Å². The maximum Gasteiger partial charge on any atom is 0.281 e. The van der Waals surface area contributed by atoms with Gasteiger partial charge < -0.3 is 5.32 Å². The Kier molecular flexibility index (Phi) is 6.59. The lowest BCUT2D eigenvalue weighted by Gasteiger charge is -2.33. The largest absolute Gasteiger partial charge is 0.349 e. The van der Waals surface area contributed by atoms with Crippen LogP contribution in [0.3, 0.4) is 0 Å². The summed E-state index contributed by atoms with van der Waals surface area (Å²) >= 11 is 0. The van der Waals surface area contributed by atoms with Gasteiger partial charge in [-0.3, -0.25) is 4.79 Å². The van der Waals surface area contributed by atoms with Crippen LogP contribution in [0.5, 0.6) is 0 Å². The first kappa shape index (κ1) is 19.9. The number of amides is 1. The number of hydrogen-bond donors (Lipinski definition) is 1. The van der Waals surface area contributed by atoms with Crippen molar-refractivity contribution in [1.29, 1.82) is 0 Å². The summed E-state index contributed by atoms with van der Waals surface area (Å²) < 4.78 is 27.2. The van der Waals surface area contributed by atoms with Gasteiger partial charge in [-0.15, -0.1) is 0 Å². The molecule has 1 amide bonds. The minimum Gasteiger partial charge on any atom is -0.349 e. The Morgan fingerprint density at radius 2 is 1.96 bits per heavy atom. The maximum atomic E-state index is 12.7. The molecule has 25 heavy (non-hydrogen) atoms. The number of hydrogen-bond acceptors (Lipinski definition) is 3. The standard InChI is InChI=1S/C18H29N3O3S/c1-5-17(15-10-8-14(2)9-11-15)19-18(22)16-7-6-12-21(13-16)25(23,24)20(3)4/h8-11,16-17H,5-7,12-13H2,1-4H3,(H,19,22)/t16-,17+/m0/s1. The van der Waals surface area contributed by atoms with Gasteiger partial charge in [-0.25, -0.2) is 0 Å². The third kappa shape index (κ3) is 4.80. The molecule has 0 aliphatic carbocycles. The second-order valence-electron chi connectivity index (χ2n) is 6.87. The van der Waals surface area contributed by atoms with Crippen molar-refractivity contribution >= 4 is 16.1 Å². The molecule has 1 aliphatic rings. The summed E-state index contributed by atoms with van der Waals surface area (Å²) in [5.41, 5.74) is 2.26. The van der Waals surface area contributed by atoms with Gasteiger partial charge in [0.25, 0.3) is 10.2 Å². The molecule has 1 aromatic rings. The topological polar surface area (TPSA) is 69.7 Å². The minimum atomic E-state index is -3.47. The highest BCUT2D eigenvalue weighted by Crippen LogP contribution is 2.23. The van der Waals surface area contributed by atoms with Crippen LogP contribution in [-0.2, 0) is 15.0 Å². The maximum absolute atomic E-state index is 12.7. The van der Waals surface area contributed by atoms with Gasteiger partial charge >= 0.3 is 0 Å². The number of aryl methyl sites for hydroxylation is 1. The van der Waals surface area contributed by atoms with Gasteiger partial charge in [0.05, 0.1) is 12.0 Å². The van der Waals surface area contributed by atoms with Gasteiger partial charge in [0, 0.05) is 27.2 Å². The molecular weight excluding hydrogens is 338 g/mol. The molecule has 2 atom stereocenters. The zero-order valence-corrected chi connectivity index (χ0v) is 16.3. The van der Waals surface area contributed by atoms with Crippen LogP contribution in [0.25, 0.3) is 0 Å². The van der Waals surface area contributed by atoms with E-state index >= 15 is 0 Å². The van der Waals surface area contributed by atoms with Crippen molar-refractivity contribution in [1.82, 2.24) is 13.9 Å². The molecule has 0 saturated carbocycles. The normalized spacial score (nSPS) is 20.4. The lowest BCUT2D eigenvalue weighted by atomic mass is 9.97. The summed E-state index contributed by atoms with van der Waals surface area (Å²) in [6, 6.07) is 8.10. The predicted molar refractivity (Wildman–Crippen MR) is 99.3 cm³/mol. The third-order valence-electron chi connectivity index (χ3n) is 4.75. The Morgan fingerprint density at radius 1 is 1.32 bits per heavy atom. The van der Waals surface area contributed by atoms with Crippen molar-refractivity contribution in [3.8, 4) is 0 Å². The summed E-state index contributed by atoms with van der Waals surface area (Å²) in [6.07, 6.45) is 2.21. The highest BCUT2D eigenvalue weighted by molar-refractivity contribution is 7.86. The summed E-state index contributed by atoms with van der Waals surface area (Å²) in [5.74, 6) is -0.367. The zero-order valence-electron chi connectivity index (χ0n) is 15.5. The molecule has 1 heterocycles. The molecule has 1 aromatic carbocycles. The van der Waals surface area contributed by atoms with E-state index in [1.54, 1.807) is 0 Å². The molecule has 0 spiro atoms. The van der Waals surface area contributed by atoms with Crippen LogP contribution >= 0.6 is 0 Å². The number of rotatable bonds is 6. The molecule has 0 radical (unpaired) electrons. The average molecular weight is 368 g/mol. The fourth-order valence-electron chi connectivity index (χ4n) is 3.11. The monoisotopic (exact) mass is 367 g/mol. The fraction of sp³-hybridized carbons (Fsp3) is 0.611. The molecule has 1 fully saturated rings. The first-order valence-electron chi connectivity index (χ1n) is 8.80. The van der Waals surface area contributed by atoms with Crippen LogP contribution in [0, 0.1) is 12.8 Å². The summed E-state index contributed by atoms with van der Waals surface area (Å²) in [5, 5.41) is 3.10. The number of benzene rings is 1. The Balaban J connectivity index is 2.05. The van der Waals surface area contributed by atoms with E-state index in [-0.39, 0.29) is 24.4 Å². The van der Waals surface area contributed by atoms with E-state index in [0.29, 0.717) is 13.0 Å². The van der Waals surface area contributed by atoms with Crippen molar-refractivity contribution in [2.45, 2.75) is 39.2 Å². The molecular formula is C18H29N3O3S. The Bertz CT molecular complexity index is 686. The highest BCUT2D eigenvalue weighted by Gasteiger charge is 2.34. The van der Waals surface area contributed by atoms with Crippen molar-refractivity contribution in [3.05, 3.63) is 35.4 Å². The number of piperidine rings is 1. The quantitative estimate of drug-likeness (QED) is 0.837. The van der Waals surface area contributed by atoms with Crippen molar-refractivity contribution in [2.24, 2.45) is 5.92 Å². The molecule has 1 N–H and O–H groups in total. The summed E-state index contributed by atoms with van der Waals surface area (Å²) in [7, 11) is -0.436. The highest BCUT2D eigenvalue weighted by atomic mass is 32.2. The smallest absolute Gasteiger partial charge is 0.281 e. The minimum absolute atomic E-state index is 0.0473. The zero-order chi connectivity index (χ0) is 18.6.